The second kappa shape index (κ2) is 13.9. The smallest absolute Gasteiger partial charge is 0.495 e. The third-order valence-corrected chi connectivity index (χ3v) is 5.34. The van der Waals surface area contributed by atoms with E-state index in [-0.39, 0.29) is 30.5 Å². The van der Waals surface area contributed by atoms with Gasteiger partial charge in [0.25, 0.3) is 5.91 Å². The molecule has 0 aliphatic rings. The first-order chi connectivity index (χ1) is 18.7. The molecule has 0 bridgehead atoms. The zero-order valence-electron chi connectivity index (χ0n) is 21.4. The summed E-state index contributed by atoms with van der Waals surface area (Å²) in [5, 5.41) is 10.9. The number of ether oxygens (including phenoxy) is 3. The van der Waals surface area contributed by atoms with E-state index in [9.17, 15) is 22.8 Å². The van der Waals surface area contributed by atoms with Crippen LogP contribution in [-0.2, 0) is 13.2 Å². The number of carbonyl (C=O) groups excluding carboxylic acids is 2. The van der Waals surface area contributed by atoms with Crippen molar-refractivity contribution in [2.45, 2.75) is 19.5 Å². The molecule has 0 aliphatic heterocycles. The van der Waals surface area contributed by atoms with E-state index in [1.54, 1.807) is 48.5 Å². The second-order valence-electron chi connectivity index (χ2n) is 8.17. The maximum atomic E-state index is 12.6. The summed E-state index contributed by atoms with van der Waals surface area (Å²) in [4.78, 5) is 24.6. The highest BCUT2D eigenvalue weighted by Crippen LogP contribution is 2.32. The molecular weight excluding hydrogens is 517 g/mol. The van der Waals surface area contributed by atoms with Crippen LogP contribution in [0.2, 0.25) is 0 Å². The van der Waals surface area contributed by atoms with Crippen molar-refractivity contribution in [3.8, 4) is 17.2 Å². The van der Waals surface area contributed by atoms with Crippen LogP contribution in [0.25, 0.3) is 0 Å². The summed E-state index contributed by atoms with van der Waals surface area (Å²) in [6.45, 7) is 1.50. The van der Waals surface area contributed by atoms with Gasteiger partial charge >= 0.3 is 12.4 Å². The summed E-state index contributed by atoms with van der Waals surface area (Å²) in [6.07, 6.45) is -4.87. The first-order valence-electron chi connectivity index (χ1n) is 11.9. The highest BCUT2D eigenvalue weighted by atomic mass is 19.4. The van der Waals surface area contributed by atoms with Crippen LogP contribution in [0.1, 0.15) is 21.5 Å². The van der Waals surface area contributed by atoms with Crippen molar-refractivity contribution in [2.75, 3.05) is 32.6 Å². The zero-order chi connectivity index (χ0) is 28.3. The van der Waals surface area contributed by atoms with Crippen molar-refractivity contribution in [3.05, 3.63) is 83.4 Å². The predicted molar refractivity (Wildman–Crippen MR) is 139 cm³/mol. The number of anilines is 1. The quantitative estimate of drug-likeness (QED) is 0.250. The number of urea groups is 1. The SMILES string of the molecule is CNCCNC(=O)c1ccc(COc2ccccc2CNC(=O)Nc2cc(OC(F)(F)F)ccc2OC)cc1. The number of amides is 3. The summed E-state index contributed by atoms with van der Waals surface area (Å²) in [5.41, 5.74) is 2.06. The van der Waals surface area contributed by atoms with E-state index in [1.807, 2.05) is 7.05 Å². The fourth-order valence-corrected chi connectivity index (χ4v) is 3.43. The van der Waals surface area contributed by atoms with E-state index in [0.717, 1.165) is 17.7 Å². The molecule has 0 unspecified atom stereocenters. The summed E-state index contributed by atoms with van der Waals surface area (Å²) in [7, 11) is 3.13. The van der Waals surface area contributed by atoms with Crippen LogP contribution in [0.15, 0.2) is 66.7 Å². The molecule has 9 nitrogen and oxygen atoms in total. The molecule has 0 aromatic heterocycles. The number of likely N-dealkylation sites (N-methyl/N-ethyl adjacent to an activating group) is 1. The number of halogens is 3. The van der Waals surface area contributed by atoms with E-state index in [4.69, 9.17) is 9.47 Å². The minimum absolute atomic E-state index is 0.000411. The summed E-state index contributed by atoms with van der Waals surface area (Å²) < 4.78 is 52.6. The number of nitrogens with one attached hydrogen (secondary N) is 4. The van der Waals surface area contributed by atoms with Crippen LogP contribution in [0.3, 0.4) is 0 Å². The van der Waals surface area contributed by atoms with Crippen molar-refractivity contribution in [3.63, 3.8) is 0 Å². The minimum Gasteiger partial charge on any atom is -0.495 e. The predicted octanol–water partition coefficient (Wildman–Crippen LogP) is 4.44. The van der Waals surface area contributed by atoms with Gasteiger partial charge in [0.2, 0.25) is 0 Å². The standard InChI is InChI=1S/C27H29F3N4O5/c1-31-13-14-32-25(35)19-9-7-18(8-10-19)17-38-23-6-4-3-5-20(23)16-33-26(36)34-22-15-21(39-27(28,29)30)11-12-24(22)37-2/h3-12,15,31H,13-14,16-17H2,1-2H3,(H,32,35)(H2,33,34,36). The highest BCUT2D eigenvalue weighted by molar-refractivity contribution is 5.94. The Kier molecular flexibility index (Phi) is 10.4. The fraction of sp³-hybridized carbons (Fsp3) is 0.259. The van der Waals surface area contributed by atoms with E-state index in [2.05, 4.69) is 26.0 Å². The Hall–Kier alpha value is -4.45. The number of alkyl halides is 3. The Morgan fingerprint density at radius 3 is 2.33 bits per heavy atom. The molecule has 0 atom stereocenters. The topological polar surface area (TPSA) is 110 Å². The normalized spacial score (nSPS) is 10.9. The lowest BCUT2D eigenvalue weighted by Gasteiger charge is -2.15. The number of para-hydroxylation sites is 1. The first kappa shape index (κ1) is 29.1. The number of benzene rings is 3. The average Bonchev–Trinajstić information content (AvgIpc) is 2.91. The summed E-state index contributed by atoms with van der Waals surface area (Å²) in [6, 6.07) is 16.8. The zero-order valence-corrected chi connectivity index (χ0v) is 21.4. The van der Waals surface area contributed by atoms with Gasteiger partial charge in [0.1, 0.15) is 23.9 Å². The molecule has 3 aromatic carbocycles. The lowest BCUT2D eigenvalue weighted by Crippen LogP contribution is -2.30. The van der Waals surface area contributed by atoms with Crippen molar-refractivity contribution in [1.29, 1.82) is 0 Å². The Bertz CT molecular complexity index is 1250. The largest absolute Gasteiger partial charge is 0.573 e. The molecule has 0 fully saturated rings. The minimum atomic E-state index is -4.87. The molecule has 39 heavy (non-hydrogen) atoms. The van der Waals surface area contributed by atoms with Gasteiger partial charge in [0.15, 0.2) is 0 Å². The van der Waals surface area contributed by atoms with Gasteiger partial charge in [-0.05, 0) is 42.9 Å². The Morgan fingerprint density at radius 1 is 0.897 bits per heavy atom. The third kappa shape index (κ3) is 9.42. The molecule has 12 heteroatoms. The molecular formula is C27H29F3N4O5. The molecule has 3 aromatic rings. The Labute approximate surface area is 223 Å². The molecule has 0 spiro atoms. The van der Waals surface area contributed by atoms with Crippen LogP contribution in [0.5, 0.6) is 17.2 Å². The molecule has 0 aliphatic carbocycles. The highest BCUT2D eigenvalue weighted by Gasteiger charge is 2.31. The molecule has 4 N–H and O–H groups in total. The van der Waals surface area contributed by atoms with Gasteiger partial charge in [-0.3, -0.25) is 4.79 Å². The van der Waals surface area contributed by atoms with Crippen molar-refractivity contribution in [2.24, 2.45) is 0 Å². The van der Waals surface area contributed by atoms with Gasteiger partial charge in [-0.25, -0.2) is 4.79 Å². The van der Waals surface area contributed by atoms with E-state index in [1.165, 1.54) is 13.2 Å². The van der Waals surface area contributed by atoms with Gasteiger partial charge in [-0.15, -0.1) is 13.2 Å². The van der Waals surface area contributed by atoms with Gasteiger partial charge in [0.05, 0.1) is 12.8 Å². The van der Waals surface area contributed by atoms with E-state index in [0.29, 0.717) is 30.0 Å². The molecule has 0 saturated heterocycles. The number of methoxy groups -OCH3 is 1. The van der Waals surface area contributed by atoms with E-state index < -0.39 is 18.1 Å². The van der Waals surface area contributed by atoms with Crippen molar-refractivity contribution >= 4 is 17.6 Å². The molecule has 3 amide bonds. The van der Waals surface area contributed by atoms with Gasteiger partial charge in [-0.1, -0.05) is 30.3 Å². The monoisotopic (exact) mass is 546 g/mol. The third-order valence-electron chi connectivity index (χ3n) is 5.34. The van der Waals surface area contributed by atoms with E-state index >= 15 is 0 Å². The van der Waals surface area contributed by atoms with Crippen LogP contribution in [0, 0.1) is 0 Å². The Balaban J connectivity index is 1.57. The summed E-state index contributed by atoms with van der Waals surface area (Å²) in [5.74, 6) is 0.0270. The average molecular weight is 547 g/mol. The maximum Gasteiger partial charge on any atom is 0.573 e. The van der Waals surface area contributed by atoms with Gasteiger partial charge in [0, 0.05) is 36.8 Å². The fourth-order valence-electron chi connectivity index (χ4n) is 3.43. The number of hydrogen-bond donors (Lipinski definition) is 4. The number of hydrogen-bond acceptors (Lipinski definition) is 6. The first-order valence-corrected chi connectivity index (χ1v) is 11.9. The molecule has 208 valence electrons. The van der Waals surface area contributed by atoms with Crippen molar-refractivity contribution < 1.29 is 37.0 Å². The maximum absolute atomic E-state index is 12.6. The molecule has 3 rings (SSSR count). The van der Waals surface area contributed by atoms with Crippen LogP contribution in [0.4, 0.5) is 23.7 Å². The van der Waals surface area contributed by atoms with Crippen LogP contribution < -0.4 is 35.5 Å². The van der Waals surface area contributed by atoms with Crippen LogP contribution in [-0.4, -0.2) is 45.5 Å². The van der Waals surface area contributed by atoms with Gasteiger partial charge < -0.3 is 35.5 Å². The Morgan fingerprint density at radius 2 is 1.64 bits per heavy atom. The second-order valence-corrected chi connectivity index (χ2v) is 8.17. The molecule has 0 heterocycles. The van der Waals surface area contributed by atoms with Crippen LogP contribution >= 0.6 is 0 Å². The van der Waals surface area contributed by atoms with Crippen molar-refractivity contribution in [1.82, 2.24) is 16.0 Å². The molecule has 0 saturated carbocycles. The summed E-state index contributed by atoms with van der Waals surface area (Å²) >= 11 is 0. The molecule has 0 radical (unpaired) electrons. The lowest BCUT2D eigenvalue weighted by molar-refractivity contribution is -0.274. The lowest BCUT2D eigenvalue weighted by atomic mass is 10.1. The van der Waals surface area contributed by atoms with Gasteiger partial charge in [-0.2, -0.15) is 0 Å². The number of rotatable bonds is 12. The number of carbonyl (C=O) groups is 2.